The van der Waals surface area contributed by atoms with Crippen LogP contribution in [-0.4, -0.2) is 81.2 Å². The number of phenolic OH excluding ortho intramolecular Hbond substituents is 1. The summed E-state index contributed by atoms with van der Waals surface area (Å²) in [6.45, 7) is 0.206. The van der Waals surface area contributed by atoms with Crippen LogP contribution in [0, 0.1) is 0 Å². The second-order valence-electron chi connectivity index (χ2n) is 8.31. The van der Waals surface area contributed by atoms with Gasteiger partial charge in [-0.05, 0) is 43.4 Å². The summed E-state index contributed by atoms with van der Waals surface area (Å²) in [7, 11) is 0. The monoisotopic (exact) mass is 509 g/mol. The molecule has 13 heteroatoms. The zero-order chi connectivity index (χ0) is 26.1. The number of carbonyl (C=O) groups is 5. The number of rotatable bonds is 12. The molecular formula is C22H31N5O7S. The van der Waals surface area contributed by atoms with Gasteiger partial charge in [0, 0.05) is 18.7 Å². The molecule has 2 rings (SSSR count). The number of primary amides is 1. The number of hydrogen-bond acceptors (Lipinski definition) is 8. The first-order chi connectivity index (χ1) is 16.5. The van der Waals surface area contributed by atoms with Crippen molar-refractivity contribution in [3.05, 3.63) is 29.8 Å². The summed E-state index contributed by atoms with van der Waals surface area (Å²) >= 11 is 4.10. The molecule has 1 aliphatic heterocycles. The smallest absolute Gasteiger partial charge is 0.326 e. The van der Waals surface area contributed by atoms with Crippen LogP contribution in [0.25, 0.3) is 0 Å². The molecule has 35 heavy (non-hydrogen) atoms. The van der Waals surface area contributed by atoms with Gasteiger partial charge in [-0.25, -0.2) is 4.79 Å². The van der Waals surface area contributed by atoms with Gasteiger partial charge in [0.25, 0.3) is 0 Å². The number of phenols is 1. The first-order valence-electron chi connectivity index (χ1n) is 11.1. The maximum atomic E-state index is 13.0. The molecule has 12 nitrogen and oxygen atoms in total. The molecule has 0 aromatic heterocycles. The fourth-order valence-corrected chi connectivity index (χ4v) is 4.01. The van der Waals surface area contributed by atoms with Crippen LogP contribution < -0.4 is 22.1 Å². The Bertz CT molecular complexity index is 943. The molecule has 192 valence electrons. The predicted molar refractivity (Wildman–Crippen MR) is 128 cm³/mol. The Labute approximate surface area is 207 Å². The topological polar surface area (TPSA) is 205 Å². The van der Waals surface area contributed by atoms with E-state index in [-0.39, 0.29) is 43.7 Å². The third-order valence-corrected chi connectivity index (χ3v) is 6.02. The van der Waals surface area contributed by atoms with Gasteiger partial charge in [0.2, 0.25) is 23.6 Å². The highest BCUT2D eigenvalue weighted by Gasteiger charge is 2.38. The van der Waals surface area contributed by atoms with Crippen molar-refractivity contribution in [2.75, 3.05) is 12.3 Å². The van der Waals surface area contributed by atoms with Crippen molar-refractivity contribution in [2.24, 2.45) is 11.5 Å². The zero-order valence-electron chi connectivity index (χ0n) is 19.1. The van der Waals surface area contributed by atoms with Crippen molar-refractivity contribution in [2.45, 2.75) is 56.3 Å². The van der Waals surface area contributed by atoms with Crippen LogP contribution in [0.1, 0.15) is 31.2 Å². The Kier molecular flexibility index (Phi) is 10.3. The van der Waals surface area contributed by atoms with E-state index in [0.29, 0.717) is 12.0 Å². The van der Waals surface area contributed by atoms with Gasteiger partial charge in [-0.3, -0.25) is 19.2 Å². The first-order valence-corrected chi connectivity index (χ1v) is 11.7. The van der Waals surface area contributed by atoms with E-state index in [0.717, 1.165) is 4.90 Å². The van der Waals surface area contributed by atoms with Crippen molar-refractivity contribution in [1.82, 2.24) is 15.5 Å². The van der Waals surface area contributed by atoms with Crippen LogP contribution in [0.3, 0.4) is 0 Å². The highest BCUT2D eigenvalue weighted by Crippen LogP contribution is 2.19. The second-order valence-corrected chi connectivity index (χ2v) is 8.68. The van der Waals surface area contributed by atoms with E-state index in [1.54, 1.807) is 12.1 Å². The number of benzene rings is 1. The number of thiol groups is 1. The molecule has 0 spiro atoms. The highest BCUT2D eigenvalue weighted by molar-refractivity contribution is 7.80. The summed E-state index contributed by atoms with van der Waals surface area (Å²) in [5.74, 6) is -3.88. The minimum Gasteiger partial charge on any atom is -0.508 e. The van der Waals surface area contributed by atoms with Crippen LogP contribution in [0.15, 0.2) is 24.3 Å². The van der Waals surface area contributed by atoms with Gasteiger partial charge in [0.05, 0.1) is 6.04 Å². The lowest BCUT2D eigenvalue weighted by molar-refractivity contribution is -0.149. The lowest BCUT2D eigenvalue weighted by atomic mass is 10.1. The number of hydrogen-bond donors (Lipinski definition) is 7. The fourth-order valence-electron chi connectivity index (χ4n) is 3.76. The van der Waals surface area contributed by atoms with E-state index < -0.39 is 53.8 Å². The SMILES string of the molecule is NC(=O)CCC(NC(=O)C(CS)NC(=O)C(N)Cc1ccc(O)cc1)C(=O)N1CCCC1C(=O)O. The van der Waals surface area contributed by atoms with Crippen molar-refractivity contribution in [1.29, 1.82) is 0 Å². The minimum absolute atomic E-state index is 0.0719. The Morgan fingerprint density at radius 1 is 1.09 bits per heavy atom. The lowest BCUT2D eigenvalue weighted by Crippen LogP contribution is -2.58. The number of aliphatic carboxylic acids is 1. The van der Waals surface area contributed by atoms with Crippen LogP contribution in [0.2, 0.25) is 0 Å². The summed E-state index contributed by atoms with van der Waals surface area (Å²) in [4.78, 5) is 62.4. The number of nitrogens with two attached hydrogens (primary N) is 2. The van der Waals surface area contributed by atoms with Crippen LogP contribution in [-0.2, 0) is 30.4 Å². The Morgan fingerprint density at radius 2 is 1.71 bits per heavy atom. The van der Waals surface area contributed by atoms with E-state index in [9.17, 15) is 34.2 Å². The molecule has 4 atom stereocenters. The van der Waals surface area contributed by atoms with E-state index in [4.69, 9.17) is 11.5 Å². The van der Waals surface area contributed by atoms with Crippen LogP contribution >= 0.6 is 12.6 Å². The van der Waals surface area contributed by atoms with Gasteiger partial charge in [-0.1, -0.05) is 12.1 Å². The number of carboxylic acid groups (broad SMARTS) is 1. The standard InChI is InChI=1S/C22H31N5O7S/c23-14(10-12-3-5-13(28)6-4-12)19(30)26-16(11-35)20(31)25-15(7-8-18(24)29)21(32)27-9-1-2-17(27)22(33)34/h3-6,14-17,28,35H,1-2,7-11,23H2,(H2,24,29)(H,25,31)(H,26,30)(H,33,34). The third kappa shape index (κ3) is 8.14. The molecule has 1 fully saturated rings. The van der Waals surface area contributed by atoms with Gasteiger partial charge in [0.1, 0.15) is 23.9 Å². The van der Waals surface area contributed by atoms with E-state index >= 15 is 0 Å². The minimum atomic E-state index is -1.21. The quantitative estimate of drug-likeness (QED) is 0.165. The maximum absolute atomic E-state index is 13.0. The van der Waals surface area contributed by atoms with Gasteiger partial charge < -0.3 is 37.2 Å². The van der Waals surface area contributed by atoms with Crippen molar-refractivity contribution < 1.29 is 34.2 Å². The number of amides is 4. The summed E-state index contributed by atoms with van der Waals surface area (Å²) in [6.07, 6.45) is 0.589. The number of nitrogens with zero attached hydrogens (tertiary/aromatic N) is 1. The summed E-state index contributed by atoms with van der Waals surface area (Å²) < 4.78 is 0. The largest absolute Gasteiger partial charge is 0.508 e. The van der Waals surface area contributed by atoms with Gasteiger partial charge >= 0.3 is 5.97 Å². The van der Waals surface area contributed by atoms with E-state index in [1.807, 2.05) is 0 Å². The van der Waals surface area contributed by atoms with Crippen LogP contribution in [0.4, 0.5) is 0 Å². The number of carboxylic acids is 1. The van der Waals surface area contributed by atoms with Gasteiger partial charge in [-0.2, -0.15) is 12.6 Å². The Balaban J connectivity index is 2.05. The molecule has 1 heterocycles. The Morgan fingerprint density at radius 3 is 2.29 bits per heavy atom. The van der Waals surface area contributed by atoms with Crippen molar-refractivity contribution in [3.8, 4) is 5.75 Å². The second kappa shape index (κ2) is 13.0. The molecule has 1 aromatic carbocycles. The molecule has 1 aromatic rings. The summed E-state index contributed by atoms with van der Waals surface area (Å²) in [6, 6.07) is 1.78. The number of likely N-dealkylation sites (tertiary alicyclic amines) is 1. The molecule has 4 unspecified atom stereocenters. The molecule has 0 radical (unpaired) electrons. The van der Waals surface area contributed by atoms with E-state index in [1.165, 1.54) is 12.1 Å². The average Bonchev–Trinajstić information content (AvgIpc) is 3.31. The number of carbonyl (C=O) groups excluding carboxylic acids is 4. The third-order valence-electron chi connectivity index (χ3n) is 5.66. The first kappa shape index (κ1) is 27.9. The number of aromatic hydroxyl groups is 1. The lowest BCUT2D eigenvalue weighted by Gasteiger charge is -2.28. The molecule has 1 aliphatic rings. The number of nitrogens with one attached hydrogen (secondary N) is 2. The van der Waals surface area contributed by atoms with Gasteiger partial charge in [0.15, 0.2) is 0 Å². The molecule has 1 saturated heterocycles. The Hall–Kier alpha value is -3.32. The van der Waals surface area contributed by atoms with Crippen LogP contribution in [0.5, 0.6) is 5.75 Å². The molecule has 0 saturated carbocycles. The molecule has 4 amide bonds. The normalized spacial score (nSPS) is 17.8. The summed E-state index contributed by atoms with van der Waals surface area (Å²) in [5, 5.41) is 23.7. The molecule has 8 N–H and O–H groups in total. The fraction of sp³-hybridized carbons (Fsp3) is 0.500. The molecule has 0 bridgehead atoms. The maximum Gasteiger partial charge on any atom is 0.326 e. The molecule has 0 aliphatic carbocycles. The zero-order valence-corrected chi connectivity index (χ0v) is 19.9. The highest BCUT2D eigenvalue weighted by atomic mass is 32.1. The van der Waals surface area contributed by atoms with Crippen molar-refractivity contribution >= 4 is 42.2 Å². The average molecular weight is 510 g/mol. The van der Waals surface area contributed by atoms with E-state index in [2.05, 4.69) is 23.3 Å². The summed E-state index contributed by atoms with van der Waals surface area (Å²) in [5.41, 5.74) is 11.8. The van der Waals surface area contributed by atoms with Crippen molar-refractivity contribution in [3.63, 3.8) is 0 Å². The van der Waals surface area contributed by atoms with Gasteiger partial charge in [-0.15, -0.1) is 0 Å². The molecular weight excluding hydrogens is 478 g/mol. The predicted octanol–water partition coefficient (Wildman–Crippen LogP) is -1.50.